The highest BCUT2D eigenvalue weighted by molar-refractivity contribution is 8.04. The number of β-lactam (4-membered cyclic amide) rings is 1. The average molecular weight is 213 g/mol. The van der Waals surface area contributed by atoms with Crippen LogP contribution in [0, 0.1) is 5.92 Å². The Bertz CT molecular complexity index is 313. The Hall–Kier alpha value is -0.480. The predicted octanol–water partition coefficient (Wildman–Crippen LogP) is 0.891. The molecule has 2 aliphatic rings. The van der Waals surface area contributed by atoms with E-state index in [0.29, 0.717) is 0 Å². The van der Waals surface area contributed by atoms with Gasteiger partial charge in [0.15, 0.2) is 0 Å². The standard InChI is InChI=1S/C10H15NO2S/c1-5(2)8(12)10-7(11-9(10)13)6(3)4-14-10/h4-5,7-8,12H,1-3H3,(H,11,13)/t7-,8-,10-/m0/s1. The molecular formula is C10H15NO2S. The third-order valence-corrected chi connectivity index (χ3v) is 4.57. The fourth-order valence-corrected chi connectivity index (χ4v) is 3.58. The largest absolute Gasteiger partial charge is 0.391 e. The Morgan fingerprint density at radius 1 is 1.64 bits per heavy atom. The first-order valence-corrected chi connectivity index (χ1v) is 5.71. The molecule has 1 amide bonds. The summed E-state index contributed by atoms with van der Waals surface area (Å²) in [6.07, 6.45) is -0.569. The third-order valence-electron chi connectivity index (χ3n) is 3.03. The van der Waals surface area contributed by atoms with Gasteiger partial charge in [-0.3, -0.25) is 4.79 Å². The highest BCUT2D eigenvalue weighted by Gasteiger charge is 2.63. The van der Waals surface area contributed by atoms with Crippen molar-refractivity contribution in [3.05, 3.63) is 11.0 Å². The van der Waals surface area contributed by atoms with E-state index in [1.807, 2.05) is 26.2 Å². The fraction of sp³-hybridized carbons (Fsp3) is 0.700. The maximum absolute atomic E-state index is 11.6. The maximum Gasteiger partial charge on any atom is 0.242 e. The summed E-state index contributed by atoms with van der Waals surface area (Å²) in [4.78, 5) is 11.6. The summed E-state index contributed by atoms with van der Waals surface area (Å²) in [5, 5.41) is 14.9. The van der Waals surface area contributed by atoms with Crippen LogP contribution in [0.4, 0.5) is 0 Å². The molecule has 2 aliphatic heterocycles. The van der Waals surface area contributed by atoms with Gasteiger partial charge in [0.2, 0.25) is 5.91 Å². The molecule has 4 heteroatoms. The second-order valence-corrected chi connectivity index (χ2v) is 5.52. The molecule has 3 nitrogen and oxygen atoms in total. The fourth-order valence-electron chi connectivity index (χ4n) is 2.11. The SMILES string of the molecule is CC1=CS[C@@]2([C@@H](O)C(C)C)C(=O)N[C@@H]12. The Balaban J connectivity index is 2.28. The lowest BCUT2D eigenvalue weighted by Crippen LogP contribution is -2.74. The first-order chi connectivity index (χ1) is 6.50. The Labute approximate surface area is 88.0 Å². The second kappa shape index (κ2) is 3.00. The minimum Gasteiger partial charge on any atom is -0.391 e. The van der Waals surface area contributed by atoms with Gasteiger partial charge < -0.3 is 10.4 Å². The van der Waals surface area contributed by atoms with Crippen LogP contribution in [-0.2, 0) is 4.79 Å². The summed E-state index contributed by atoms with van der Waals surface area (Å²) in [6.45, 7) is 5.87. The van der Waals surface area contributed by atoms with Crippen LogP contribution in [0.2, 0.25) is 0 Å². The van der Waals surface area contributed by atoms with Gasteiger partial charge in [-0.05, 0) is 23.8 Å². The Kier molecular flexibility index (Phi) is 2.16. The maximum atomic E-state index is 11.6. The van der Waals surface area contributed by atoms with Crippen molar-refractivity contribution in [2.75, 3.05) is 0 Å². The monoisotopic (exact) mass is 213 g/mol. The van der Waals surface area contributed by atoms with Gasteiger partial charge in [-0.2, -0.15) is 0 Å². The quantitative estimate of drug-likeness (QED) is 0.670. The van der Waals surface area contributed by atoms with Crippen molar-refractivity contribution < 1.29 is 9.90 Å². The van der Waals surface area contributed by atoms with Crippen LogP contribution in [0.5, 0.6) is 0 Å². The van der Waals surface area contributed by atoms with Crippen molar-refractivity contribution in [1.82, 2.24) is 5.32 Å². The van der Waals surface area contributed by atoms with Gasteiger partial charge in [0.1, 0.15) is 4.75 Å². The lowest BCUT2D eigenvalue weighted by Gasteiger charge is -2.48. The summed E-state index contributed by atoms with van der Waals surface area (Å²) in [5.41, 5.74) is 1.15. The second-order valence-electron chi connectivity index (χ2n) is 4.37. The first kappa shape index (κ1) is 10.1. The van der Waals surface area contributed by atoms with Crippen molar-refractivity contribution in [2.45, 2.75) is 37.7 Å². The smallest absolute Gasteiger partial charge is 0.242 e. The number of thioether (sulfide) groups is 1. The number of aliphatic hydroxyl groups excluding tert-OH is 1. The van der Waals surface area contributed by atoms with E-state index in [9.17, 15) is 9.90 Å². The lowest BCUT2D eigenvalue weighted by atomic mass is 9.77. The topological polar surface area (TPSA) is 49.3 Å². The molecular weight excluding hydrogens is 198 g/mol. The molecule has 2 N–H and O–H groups in total. The van der Waals surface area contributed by atoms with Gasteiger partial charge in [-0.15, -0.1) is 11.8 Å². The molecule has 1 saturated heterocycles. The van der Waals surface area contributed by atoms with E-state index in [2.05, 4.69) is 5.32 Å². The van der Waals surface area contributed by atoms with E-state index < -0.39 is 10.9 Å². The van der Waals surface area contributed by atoms with Crippen LogP contribution in [0.3, 0.4) is 0 Å². The van der Waals surface area contributed by atoms with E-state index in [4.69, 9.17) is 0 Å². The summed E-state index contributed by atoms with van der Waals surface area (Å²) >= 11 is 1.47. The molecule has 0 saturated carbocycles. The van der Waals surface area contributed by atoms with Gasteiger partial charge in [-0.1, -0.05) is 13.8 Å². The van der Waals surface area contributed by atoms with Crippen LogP contribution in [0.25, 0.3) is 0 Å². The van der Waals surface area contributed by atoms with Crippen LogP contribution in [0.1, 0.15) is 20.8 Å². The molecule has 0 aromatic heterocycles. The summed E-state index contributed by atoms with van der Waals surface area (Å²) in [5.74, 6) is 0.0807. The molecule has 0 spiro atoms. The van der Waals surface area contributed by atoms with E-state index in [0.717, 1.165) is 5.57 Å². The lowest BCUT2D eigenvalue weighted by molar-refractivity contribution is -0.137. The van der Waals surface area contributed by atoms with Crippen LogP contribution >= 0.6 is 11.8 Å². The first-order valence-electron chi connectivity index (χ1n) is 4.83. The minimum atomic E-state index is -0.627. The highest BCUT2D eigenvalue weighted by atomic mass is 32.2. The molecule has 1 fully saturated rings. The van der Waals surface area contributed by atoms with E-state index >= 15 is 0 Å². The molecule has 0 unspecified atom stereocenters. The molecule has 2 heterocycles. The van der Waals surface area contributed by atoms with Gasteiger partial charge >= 0.3 is 0 Å². The zero-order valence-corrected chi connectivity index (χ0v) is 9.39. The minimum absolute atomic E-state index is 0.0261. The number of carbonyl (C=O) groups excluding carboxylic acids is 1. The normalized spacial score (nSPS) is 37.4. The number of rotatable bonds is 2. The van der Waals surface area contributed by atoms with E-state index in [1.54, 1.807) is 0 Å². The zero-order valence-electron chi connectivity index (χ0n) is 8.57. The van der Waals surface area contributed by atoms with Gasteiger partial charge in [0.25, 0.3) is 0 Å². The molecule has 0 bridgehead atoms. The highest BCUT2D eigenvalue weighted by Crippen LogP contribution is 2.50. The van der Waals surface area contributed by atoms with Gasteiger partial charge in [-0.25, -0.2) is 0 Å². The average Bonchev–Trinajstić information content (AvgIpc) is 2.38. The molecule has 2 rings (SSSR count). The molecule has 3 atom stereocenters. The van der Waals surface area contributed by atoms with Crippen LogP contribution in [-0.4, -0.2) is 27.9 Å². The van der Waals surface area contributed by atoms with E-state index in [-0.39, 0.29) is 17.9 Å². The van der Waals surface area contributed by atoms with Crippen molar-refractivity contribution in [3.8, 4) is 0 Å². The summed E-state index contributed by atoms with van der Waals surface area (Å²) < 4.78 is -0.627. The third kappa shape index (κ3) is 1.01. The number of hydrogen-bond acceptors (Lipinski definition) is 3. The molecule has 0 aliphatic carbocycles. The van der Waals surface area contributed by atoms with E-state index in [1.165, 1.54) is 11.8 Å². The van der Waals surface area contributed by atoms with Crippen molar-refractivity contribution in [3.63, 3.8) is 0 Å². The number of nitrogens with one attached hydrogen (secondary N) is 1. The van der Waals surface area contributed by atoms with Crippen LogP contribution < -0.4 is 5.32 Å². The van der Waals surface area contributed by atoms with Crippen molar-refractivity contribution in [2.24, 2.45) is 5.92 Å². The Morgan fingerprint density at radius 2 is 2.29 bits per heavy atom. The number of amides is 1. The van der Waals surface area contributed by atoms with Crippen molar-refractivity contribution >= 4 is 17.7 Å². The number of carbonyl (C=O) groups is 1. The molecule has 14 heavy (non-hydrogen) atoms. The number of fused-ring (bicyclic) bond motifs is 1. The van der Waals surface area contributed by atoms with Gasteiger partial charge in [0, 0.05) is 0 Å². The molecule has 0 radical (unpaired) electrons. The van der Waals surface area contributed by atoms with Gasteiger partial charge in [0.05, 0.1) is 12.1 Å². The predicted molar refractivity (Wildman–Crippen MR) is 56.9 cm³/mol. The number of aliphatic hydroxyl groups is 1. The zero-order chi connectivity index (χ0) is 10.5. The van der Waals surface area contributed by atoms with Crippen LogP contribution in [0.15, 0.2) is 11.0 Å². The summed E-state index contributed by atoms with van der Waals surface area (Å²) in [7, 11) is 0. The molecule has 78 valence electrons. The Morgan fingerprint density at radius 3 is 2.71 bits per heavy atom. The molecule has 0 aromatic carbocycles. The number of hydrogen-bond donors (Lipinski definition) is 2. The molecule has 0 aromatic rings. The summed E-state index contributed by atoms with van der Waals surface area (Å²) in [6, 6.07) is 0.0393. The van der Waals surface area contributed by atoms with Crippen molar-refractivity contribution in [1.29, 1.82) is 0 Å².